The van der Waals surface area contributed by atoms with Crippen LogP contribution >= 0.6 is 0 Å². The Bertz CT molecular complexity index is 1720. The molecule has 1 aliphatic heterocycles. The summed E-state index contributed by atoms with van der Waals surface area (Å²) in [5, 5.41) is 48.3. The lowest BCUT2D eigenvalue weighted by molar-refractivity contribution is -0.868. The number of nitrogens with zero attached hydrogens (tertiary/aromatic N) is 8. The molecule has 0 amide bonds. The molecule has 0 spiro atoms. The summed E-state index contributed by atoms with van der Waals surface area (Å²) in [6, 6.07) is 1.80. The number of ether oxygens (including phenoxy) is 1. The van der Waals surface area contributed by atoms with Crippen molar-refractivity contribution in [2.45, 2.75) is 20.3 Å². The van der Waals surface area contributed by atoms with E-state index in [1.807, 2.05) is 40.1 Å². The van der Waals surface area contributed by atoms with Crippen molar-refractivity contribution in [3.05, 3.63) is 65.0 Å². The van der Waals surface area contributed by atoms with Crippen LogP contribution in [0.15, 0.2) is 24.5 Å². The van der Waals surface area contributed by atoms with Gasteiger partial charge in [0.2, 0.25) is 22.0 Å². The predicted molar refractivity (Wildman–Crippen MR) is 200 cm³/mol. The molecule has 3 heterocycles. The third kappa shape index (κ3) is 27.7. The molecule has 27 nitrogen and oxygen atoms in total. The van der Waals surface area contributed by atoms with Crippen LogP contribution in [0.3, 0.4) is 0 Å². The minimum absolute atomic E-state index is 0. The quantitative estimate of drug-likeness (QED) is 0.0849. The van der Waals surface area contributed by atoms with E-state index in [1.165, 1.54) is 12.8 Å². The normalized spacial score (nSPS) is 12.0. The number of pyridine rings is 2. The van der Waals surface area contributed by atoms with Gasteiger partial charge < -0.3 is 29.3 Å². The topological polar surface area (TPSA) is 354 Å². The summed E-state index contributed by atoms with van der Waals surface area (Å²) >= 11 is 0. The fourth-order valence-electron chi connectivity index (χ4n) is 3.12. The average Bonchev–Trinajstić information content (AvgIpc) is 3.69. The highest BCUT2D eigenvalue weighted by Crippen LogP contribution is 2.27. The van der Waals surface area contributed by atoms with E-state index in [1.54, 1.807) is 0 Å². The highest BCUT2D eigenvalue weighted by atomic mass is 32.3. The fourth-order valence-corrected chi connectivity index (χ4v) is 3.26. The van der Waals surface area contributed by atoms with Crippen LogP contribution in [-0.2, 0) is 38.1 Å². The summed E-state index contributed by atoms with van der Waals surface area (Å²) in [7, 11) is 4.47. The maximum atomic E-state index is 10.9. The fraction of sp³-hybridized carbons (Fsp3) is 0.630. The van der Waals surface area contributed by atoms with Gasteiger partial charge in [-0.15, -0.1) is 0 Å². The number of rotatable bonds is 15. The molecular formula is C27H50N10O17S2. The Labute approximate surface area is 324 Å². The van der Waals surface area contributed by atoms with Crippen molar-refractivity contribution in [2.24, 2.45) is 0 Å². The number of anilines is 2. The minimum atomic E-state index is -4.41. The van der Waals surface area contributed by atoms with Crippen molar-refractivity contribution in [2.75, 3.05) is 107 Å². The van der Waals surface area contributed by atoms with Gasteiger partial charge >= 0.3 is 21.8 Å². The molecule has 0 unspecified atom stereocenters. The molecule has 0 aromatic carbocycles. The average molecular weight is 851 g/mol. The van der Waals surface area contributed by atoms with Crippen LogP contribution in [0.1, 0.15) is 20.3 Å². The molecule has 0 radical (unpaired) electrons. The van der Waals surface area contributed by atoms with Crippen LogP contribution in [0, 0.1) is 40.5 Å². The lowest BCUT2D eigenvalue weighted by atomic mass is 10.3. The SMILES string of the molecule is C.C1CCOC1.CN(C)CCNc1ncc([N+](=O)[O-])cc1[N+](=O)[O-].COS(=O)(=O)OC.COS(=O)(=O)[O-].C[N+](C)(C)CCNc1ncc([N+](=O)[O-])cc1[N+](=O)[O-]. The van der Waals surface area contributed by atoms with Crippen LogP contribution in [0.2, 0.25) is 0 Å². The van der Waals surface area contributed by atoms with E-state index in [4.69, 9.17) is 4.74 Å². The summed E-state index contributed by atoms with van der Waals surface area (Å²) in [5.41, 5.74) is -1.60. The Hall–Kier alpha value is -4.88. The molecule has 0 bridgehead atoms. The first kappa shape index (κ1) is 55.5. The summed E-state index contributed by atoms with van der Waals surface area (Å²) in [4.78, 5) is 49.2. The Morgan fingerprint density at radius 1 is 0.750 bits per heavy atom. The van der Waals surface area contributed by atoms with Crippen molar-refractivity contribution in [3.8, 4) is 0 Å². The molecule has 322 valence electrons. The molecule has 0 aliphatic carbocycles. The van der Waals surface area contributed by atoms with E-state index in [9.17, 15) is 61.8 Å². The second kappa shape index (κ2) is 27.7. The number of quaternary nitrogens is 1. The summed E-state index contributed by atoms with van der Waals surface area (Å²) in [6.45, 7) is 4.33. The molecule has 2 aromatic rings. The van der Waals surface area contributed by atoms with Gasteiger partial charge in [-0.2, -0.15) is 8.42 Å². The summed E-state index contributed by atoms with van der Waals surface area (Å²) in [5.74, 6) is 0.0801. The van der Waals surface area contributed by atoms with Crippen molar-refractivity contribution < 1.29 is 62.9 Å². The maximum Gasteiger partial charge on any atom is 0.399 e. The molecule has 1 aliphatic rings. The van der Waals surface area contributed by atoms with Gasteiger partial charge in [-0.25, -0.2) is 18.4 Å². The molecule has 1 saturated heterocycles. The highest BCUT2D eigenvalue weighted by Gasteiger charge is 2.22. The summed E-state index contributed by atoms with van der Waals surface area (Å²) in [6.07, 6.45) is 4.55. The monoisotopic (exact) mass is 850 g/mol. The van der Waals surface area contributed by atoms with E-state index >= 15 is 0 Å². The zero-order valence-corrected chi connectivity index (χ0v) is 32.9. The van der Waals surface area contributed by atoms with Crippen molar-refractivity contribution in [3.63, 3.8) is 0 Å². The Balaban J connectivity index is -0.000000693. The van der Waals surface area contributed by atoms with Crippen LogP contribution < -0.4 is 10.6 Å². The van der Waals surface area contributed by atoms with Gasteiger partial charge in [0.1, 0.15) is 12.4 Å². The van der Waals surface area contributed by atoms with Crippen LogP contribution in [0.5, 0.6) is 0 Å². The van der Waals surface area contributed by atoms with Gasteiger partial charge in [-0.3, -0.25) is 53.0 Å². The minimum Gasteiger partial charge on any atom is -0.726 e. The van der Waals surface area contributed by atoms with E-state index in [-0.39, 0.29) is 19.1 Å². The van der Waals surface area contributed by atoms with E-state index in [0.29, 0.717) is 24.1 Å². The van der Waals surface area contributed by atoms with Gasteiger partial charge in [-0.05, 0) is 26.9 Å². The van der Waals surface area contributed by atoms with Crippen LogP contribution in [0.25, 0.3) is 0 Å². The third-order valence-electron chi connectivity index (χ3n) is 5.89. The van der Waals surface area contributed by atoms with Crippen molar-refractivity contribution in [1.82, 2.24) is 14.9 Å². The van der Waals surface area contributed by atoms with Gasteiger partial charge in [0.15, 0.2) is 0 Å². The van der Waals surface area contributed by atoms with E-state index in [0.717, 1.165) is 65.6 Å². The number of hydrogen-bond donors (Lipinski definition) is 2. The zero-order chi connectivity index (χ0) is 43.0. The largest absolute Gasteiger partial charge is 0.726 e. The standard InChI is InChI=1S/C10H16N5O4.C9H13N5O4.C4H8O.C2H6O4S.CH4O4S.CH4/c1-15(2,3)5-4-11-10-9(14(18)19)6-8(7-12-10)13(16)17;1-12(2)4-3-10-9-8(14(17)18)5-7(6-11-9)13(15)16;1-2-4-5-3-1;1-5-7(3,4)6-2;1-5-6(2,3)4;/h6-7H,4-5H2,1-3H3,(H,11,12);5-6H,3-4H2,1-2H3,(H,10,11);1-4H2;1-2H3;1H3,(H,2,3,4);1H4/q+1;;;;;/p-1. The Kier molecular flexibility index (Phi) is 27.4. The first-order chi connectivity index (χ1) is 25.3. The number of likely N-dealkylation sites (N-methyl/N-ethyl adjacent to an activating group) is 2. The van der Waals surface area contributed by atoms with Gasteiger partial charge in [0.25, 0.3) is 11.4 Å². The lowest BCUT2D eigenvalue weighted by Gasteiger charge is -2.23. The molecule has 1 fully saturated rings. The molecule has 2 N–H and O–H groups in total. The first-order valence-corrected chi connectivity index (χ1v) is 17.9. The first-order valence-electron chi connectivity index (χ1n) is 15.3. The van der Waals surface area contributed by atoms with E-state index < -0.39 is 63.2 Å². The van der Waals surface area contributed by atoms with Crippen molar-refractivity contribution >= 4 is 55.2 Å². The molecule has 3 rings (SSSR count). The van der Waals surface area contributed by atoms with Crippen LogP contribution in [0.4, 0.5) is 34.4 Å². The number of hydrogen-bond acceptors (Lipinski definition) is 22. The number of nitro groups is 4. The predicted octanol–water partition coefficient (Wildman–Crippen LogP) is 1.94. The Morgan fingerprint density at radius 2 is 1.12 bits per heavy atom. The maximum absolute atomic E-state index is 10.9. The highest BCUT2D eigenvalue weighted by molar-refractivity contribution is 7.81. The number of nitrogens with one attached hydrogen (secondary N) is 2. The van der Waals surface area contributed by atoms with Crippen molar-refractivity contribution in [1.29, 1.82) is 0 Å². The number of aromatic nitrogens is 2. The molecular weight excluding hydrogens is 800 g/mol. The van der Waals surface area contributed by atoms with E-state index in [2.05, 4.69) is 33.2 Å². The third-order valence-corrected chi connectivity index (χ3v) is 7.11. The van der Waals surface area contributed by atoms with Gasteiger partial charge in [-0.1, -0.05) is 7.43 Å². The second-order valence-corrected chi connectivity index (χ2v) is 14.1. The second-order valence-electron chi connectivity index (χ2n) is 11.5. The molecule has 56 heavy (non-hydrogen) atoms. The lowest BCUT2D eigenvalue weighted by Crippen LogP contribution is -2.38. The molecule has 0 saturated carbocycles. The molecule has 0 atom stereocenters. The smallest absolute Gasteiger partial charge is 0.399 e. The van der Waals surface area contributed by atoms with Gasteiger partial charge in [0.05, 0.1) is 87.4 Å². The van der Waals surface area contributed by atoms with Crippen LogP contribution in [-0.4, -0.2) is 156 Å². The zero-order valence-electron chi connectivity index (χ0n) is 31.3. The summed E-state index contributed by atoms with van der Waals surface area (Å²) < 4.78 is 64.2. The van der Waals surface area contributed by atoms with Gasteiger partial charge in [0, 0.05) is 26.3 Å². The Morgan fingerprint density at radius 3 is 1.36 bits per heavy atom. The molecule has 2 aromatic heterocycles. The molecule has 29 heteroatoms.